The molecule has 3 rings (SSSR count). The number of aliphatic imine (C=N–C) groups is 1. The lowest BCUT2D eigenvalue weighted by Crippen LogP contribution is -2.02. The van der Waals surface area contributed by atoms with Gasteiger partial charge in [0.15, 0.2) is 0 Å². The zero-order valence-corrected chi connectivity index (χ0v) is 13.0. The molecule has 0 saturated heterocycles. The monoisotopic (exact) mass is 302 g/mol. The maximum Gasteiger partial charge on any atom is 0.215 e. The van der Waals surface area contributed by atoms with E-state index < -0.39 is 0 Å². The molecule has 2 aromatic carbocycles. The molecule has 0 radical (unpaired) electrons. The number of rotatable bonds is 5. The van der Waals surface area contributed by atoms with E-state index in [1.165, 1.54) is 0 Å². The average Bonchev–Trinajstić information content (AvgIpc) is 2.62. The van der Waals surface area contributed by atoms with E-state index in [1.54, 1.807) is 6.20 Å². The second kappa shape index (κ2) is 7.36. The van der Waals surface area contributed by atoms with E-state index >= 15 is 0 Å². The van der Waals surface area contributed by atoms with Crippen LogP contribution in [0.3, 0.4) is 0 Å². The SMILES string of the molecule is CCOc1cc(N=C(c2ccccc2)c2ccccc2)ccn1. The fourth-order valence-corrected chi connectivity index (χ4v) is 2.31. The Kier molecular flexibility index (Phi) is 4.79. The van der Waals surface area contributed by atoms with Gasteiger partial charge in [0.1, 0.15) is 0 Å². The minimum absolute atomic E-state index is 0.588. The molecule has 1 heterocycles. The lowest BCUT2D eigenvalue weighted by atomic mass is 10.0. The number of aromatic nitrogens is 1. The van der Waals surface area contributed by atoms with E-state index in [2.05, 4.69) is 29.2 Å². The molecule has 0 atom stereocenters. The summed E-state index contributed by atoms with van der Waals surface area (Å²) in [6, 6.07) is 24.1. The molecule has 0 N–H and O–H groups in total. The maximum absolute atomic E-state index is 5.46. The Labute approximate surface area is 136 Å². The smallest absolute Gasteiger partial charge is 0.215 e. The van der Waals surface area contributed by atoms with Gasteiger partial charge in [-0.1, -0.05) is 60.7 Å². The first-order valence-corrected chi connectivity index (χ1v) is 7.65. The fourth-order valence-electron chi connectivity index (χ4n) is 2.31. The Balaban J connectivity index is 2.07. The fraction of sp³-hybridized carbons (Fsp3) is 0.100. The topological polar surface area (TPSA) is 34.5 Å². The van der Waals surface area contributed by atoms with E-state index in [0.717, 1.165) is 22.5 Å². The summed E-state index contributed by atoms with van der Waals surface area (Å²) in [7, 11) is 0. The second-order valence-electron chi connectivity index (χ2n) is 4.98. The quantitative estimate of drug-likeness (QED) is 0.643. The molecule has 0 fully saturated rings. The van der Waals surface area contributed by atoms with Crippen LogP contribution in [0, 0.1) is 0 Å². The molecule has 23 heavy (non-hydrogen) atoms. The van der Waals surface area contributed by atoms with Crippen molar-refractivity contribution in [2.45, 2.75) is 6.92 Å². The predicted molar refractivity (Wildman–Crippen MR) is 93.6 cm³/mol. The molecule has 0 aliphatic rings. The van der Waals surface area contributed by atoms with Gasteiger partial charge in [0.25, 0.3) is 0 Å². The summed E-state index contributed by atoms with van der Waals surface area (Å²) in [6.45, 7) is 2.53. The van der Waals surface area contributed by atoms with Crippen molar-refractivity contribution in [2.24, 2.45) is 4.99 Å². The van der Waals surface area contributed by atoms with Crippen molar-refractivity contribution in [1.82, 2.24) is 4.98 Å². The predicted octanol–water partition coefficient (Wildman–Crippen LogP) is 4.65. The van der Waals surface area contributed by atoms with Crippen molar-refractivity contribution in [2.75, 3.05) is 6.61 Å². The standard InChI is InChI=1S/C20H18N2O/c1-2-23-19-15-18(13-14-21-19)22-20(16-9-5-3-6-10-16)17-11-7-4-8-12-17/h3-15H,2H2,1H3. The van der Waals surface area contributed by atoms with Gasteiger partial charge in [-0.15, -0.1) is 0 Å². The van der Waals surface area contributed by atoms with Crippen LogP contribution in [0.2, 0.25) is 0 Å². The molecule has 0 aliphatic carbocycles. The Morgan fingerprint density at radius 1 is 0.913 bits per heavy atom. The summed E-state index contributed by atoms with van der Waals surface area (Å²) < 4.78 is 5.46. The van der Waals surface area contributed by atoms with Gasteiger partial charge in [-0.25, -0.2) is 9.98 Å². The van der Waals surface area contributed by atoms with Gasteiger partial charge in [-0.2, -0.15) is 0 Å². The van der Waals surface area contributed by atoms with Gasteiger partial charge >= 0.3 is 0 Å². The van der Waals surface area contributed by atoms with Crippen LogP contribution in [0.15, 0.2) is 84.0 Å². The Morgan fingerprint density at radius 3 is 2.09 bits per heavy atom. The van der Waals surface area contributed by atoms with Gasteiger partial charge in [0.05, 0.1) is 18.0 Å². The third-order valence-electron chi connectivity index (χ3n) is 3.35. The van der Waals surface area contributed by atoms with Crippen LogP contribution in [-0.2, 0) is 0 Å². The minimum atomic E-state index is 0.588. The van der Waals surface area contributed by atoms with Gasteiger partial charge in [-0.3, -0.25) is 0 Å². The number of pyridine rings is 1. The first-order chi connectivity index (χ1) is 11.4. The van der Waals surface area contributed by atoms with Crippen molar-refractivity contribution >= 4 is 11.4 Å². The molecule has 0 aliphatic heterocycles. The lowest BCUT2D eigenvalue weighted by molar-refractivity contribution is 0.327. The average molecular weight is 302 g/mol. The first kappa shape index (κ1) is 15.0. The van der Waals surface area contributed by atoms with Crippen LogP contribution < -0.4 is 4.74 Å². The van der Waals surface area contributed by atoms with E-state index in [0.29, 0.717) is 12.5 Å². The second-order valence-corrected chi connectivity index (χ2v) is 4.98. The van der Waals surface area contributed by atoms with E-state index in [9.17, 15) is 0 Å². The van der Waals surface area contributed by atoms with E-state index in [1.807, 2.05) is 55.5 Å². The molecule has 3 nitrogen and oxygen atoms in total. The van der Waals surface area contributed by atoms with E-state index in [4.69, 9.17) is 9.73 Å². The molecule has 0 amide bonds. The summed E-state index contributed by atoms with van der Waals surface area (Å²) in [5.74, 6) is 0.592. The van der Waals surface area contributed by atoms with Crippen molar-refractivity contribution < 1.29 is 4.74 Å². The van der Waals surface area contributed by atoms with Gasteiger partial charge in [0.2, 0.25) is 5.88 Å². The summed E-state index contributed by atoms with van der Waals surface area (Å²) in [5.41, 5.74) is 3.91. The summed E-state index contributed by atoms with van der Waals surface area (Å²) in [5, 5.41) is 0. The highest BCUT2D eigenvalue weighted by atomic mass is 16.5. The Morgan fingerprint density at radius 2 is 1.52 bits per heavy atom. The van der Waals surface area contributed by atoms with Crippen LogP contribution in [0.4, 0.5) is 5.69 Å². The molecule has 0 bridgehead atoms. The number of benzene rings is 2. The van der Waals surface area contributed by atoms with Crippen LogP contribution in [0.1, 0.15) is 18.1 Å². The zero-order valence-electron chi connectivity index (χ0n) is 13.0. The van der Waals surface area contributed by atoms with Crippen LogP contribution in [0.25, 0.3) is 0 Å². The highest BCUT2D eigenvalue weighted by Crippen LogP contribution is 2.21. The number of nitrogens with zero attached hydrogens (tertiary/aromatic N) is 2. The molecule has 1 aromatic heterocycles. The maximum atomic E-state index is 5.46. The molecule has 0 unspecified atom stereocenters. The van der Waals surface area contributed by atoms with Crippen molar-refractivity contribution in [1.29, 1.82) is 0 Å². The van der Waals surface area contributed by atoms with Crippen molar-refractivity contribution in [3.05, 3.63) is 90.1 Å². The van der Waals surface area contributed by atoms with Gasteiger partial charge in [-0.05, 0) is 13.0 Å². The third kappa shape index (κ3) is 3.83. The first-order valence-electron chi connectivity index (χ1n) is 7.65. The van der Waals surface area contributed by atoms with E-state index in [-0.39, 0.29) is 0 Å². The highest BCUT2D eigenvalue weighted by Gasteiger charge is 2.07. The molecular formula is C20H18N2O. The van der Waals surface area contributed by atoms with Crippen LogP contribution in [0.5, 0.6) is 5.88 Å². The Bertz CT molecular complexity index is 742. The van der Waals surface area contributed by atoms with Crippen LogP contribution in [-0.4, -0.2) is 17.3 Å². The minimum Gasteiger partial charge on any atom is -0.478 e. The summed E-state index contributed by atoms with van der Waals surface area (Å²) in [4.78, 5) is 9.03. The molecule has 3 aromatic rings. The highest BCUT2D eigenvalue weighted by molar-refractivity contribution is 6.13. The van der Waals surface area contributed by atoms with Gasteiger partial charge < -0.3 is 4.74 Å². The van der Waals surface area contributed by atoms with Crippen molar-refractivity contribution in [3.63, 3.8) is 0 Å². The normalized spacial score (nSPS) is 10.1. The molecular weight excluding hydrogens is 284 g/mol. The molecule has 0 spiro atoms. The largest absolute Gasteiger partial charge is 0.478 e. The number of hydrogen-bond acceptors (Lipinski definition) is 3. The lowest BCUT2D eigenvalue weighted by Gasteiger charge is -2.08. The molecule has 0 saturated carbocycles. The summed E-state index contributed by atoms with van der Waals surface area (Å²) >= 11 is 0. The zero-order chi connectivity index (χ0) is 15.9. The van der Waals surface area contributed by atoms with Gasteiger partial charge in [0, 0.05) is 23.4 Å². The molecule has 3 heteroatoms. The Hall–Kier alpha value is -2.94. The third-order valence-corrected chi connectivity index (χ3v) is 3.35. The van der Waals surface area contributed by atoms with Crippen molar-refractivity contribution in [3.8, 4) is 5.88 Å². The number of ether oxygens (including phenoxy) is 1. The van der Waals surface area contributed by atoms with Crippen LogP contribution >= 0.6 is 0 Å². The summed E-state index contributed by atoms with van der Waals surface area (Å²) in [6.07, 6.45) is 1.72. The number of hydrogen-bond donors (Lipinski definition) is 0. The molecule has 114 valence electrons.